The number of halogens is 5. The van der Waals surface area contributed by atoms with E-state index in [1.54, 1.807) is 0 Å². The Morgan fingerprint density at radius 1 is 0.895 bits per heavy atom. The molecule has 5 nitrogen and oxygen atoms in total. The molecule has 11 heteroatoms. The van der Waals surface area contributed by atoms with Crippen LogP contribution in [0.2, 0.25) is 0 Å². The standard InChI is InChI=1S/C8H2F5N3O2S/c9-3-4(10)6(12)8(7(13)5(3)11)19(17,18)16-2-14-1-15-16/h1-2H. The minimum absolute atomic E-state index is 0.0225. The fourth-order valence-corrected chi connectivity index (χ4v) is 2.39. The third kappa shape index (κ3) is 1.85. The molecule has 2 aromatic rings. The van der Waals surface area contributed by atoms with Gasteiger partial charge < -0.3 is 0 Å². The van der Waals surface area contributed by atoms with E-state index in [1.165, 1.54) is 0 Å². The molecule has 1 heterocycles. The van der Waals surface area contributed by atoms with Gasteiger partial charge in [0.1, 0.15) is 12.7 Å². The van der Waals surface area contributed by atoms with Crippen molar-refractivity contribution in [2.24, 2.45) is 0 Å². The topological polar surface area (TPSA) is 64.8 Å². The average Bonchev–Trinajstić information content (AvgIpc) is 2.88. The predicted molar refractivity (Wildman–Crippen MR) is 48.8 cm³/mol. The number of aromatic nitrogens is 3. The van der Waals surface area contributed by atoms with Gasteiger partial charge in [0.25, 0.3) is 10.0 Å². The van der Waals surface area contributed by atoms with Crippen LogP contribution in [0.15, 0.2) is 17.6 Å². The number of nitrogens with zero attached hydrogens (tertiary/aromatic N) is 3. The summed E-state index contributed by atoms with van der Waals surface area (Å²) in [5.74, 6) is -12.1. The molecule has 2 rings (SSSR count). The van der Waals surface area contributed by atoms with Gasteiger partial charge in [0, 0.05) is 0 Å². The molecule has 0 aliphatic carbocycles. The van der Waals surface area contributed by atoms with E-state index in [2.05, 4.69) is 10.1 Å². The summed E-state index contributed by atoms with van der Waals surface area (Å²) in [7, 11) is -5.07. The molecule has 0 saturated carbocycles. The highest BCUT2D eigenvalue weighted by atomic mass is 32.2. The molecule has 0 saturated heterocycles. The van der Waals surface area contributed by atoms with Crippen LogP contribution in [0.25, 0.3) is 0 Å². The third-order valence-corrected chi connectivity index (χ3v) is 3.63. The summed E-state index contributed by atoms with van der Waals surface area (Å²) in [6.07, 6.45) is 1.25. The Kier molecular flexibility index (Phi) is 3.00. The molecule has 102 valence electrons. The van der Waals surface area contributed by atoms with Crippen molar-refractivity contribution in [3.8, 4) is 0 Å². The second kappa shape index (κ2) is 4.26. The maximum Gasteiger partial charge on any atom is 0.290 e. The van der Waals surface area contributed by atoms with E-state index in [0.29, 0.717) is 12.7 Å². The Morgan fingerprint density at radius 3 is 1.79 bits per heavy atom. The summed E-state index contributed by atoms with van der Waals surface area (Å²) < 4.78 is 88.6. The molecule has 0 aliphatic heterocycles. The molecule has 0 aliphatic rings. The zero-order valence-corrected chi connectivity index (χ0v) is 9.43. The van der Waals surface area contributed by atoms with Crippen LogP contribution in [0.5, 0.6) is 0 Å². The van der Waals surface area contributed by atoms with E-state index in [1.807, 2.05) is 0 Å². The lowest BCUT2D eigenvalue weighted by Gasteiger charge is -2.08. The van der Waals surface area contributed by atoms with Crippen LogP contribution >= 0.6 is 0 Å². The van der Waals surface area contributed by atoms with Crippen LogP contribution in [0, 0.1) is 29.1 Å². The highest BCUT2D eigenvalue weighted by Gasteiger charge is 2.34. The van der Waals surface area contributed by atoms with Gasteiger partial charge in [-0.1, -0.05) is 0 Å². The van der Waals surface area contributed by atoms with Crippen LogP contribution < -0.4 is 0 Å². The second-order valence-corrected chi connectivity index (χ2v) is 4.90. The van der Waals surface area contributed by atoms with E-state index in [0.717, 1.165) is 0 Å². The number of rotatable bonds is 2. The SMILES string of the molecule is O=S(=O)(c1c(F)c(F)c(F)c(F)c1F)n1cncn1. The van der Waals surface area contributed by atoms with E-state index in [-0.39, 0.29) is 4.09 Å². The maximum atomic E-state index is 13.3. The summed E-state index contributed by atoms with van der Waals surface area (Å²) >= 11 is 0. The molecule has 19 heavy (non-hydrogen) atoms. The predicted octanol–water partition coefficient (Wildman–Crippen LogP) is 1.21. The Bertz CT molecular complexity index is 715. The van der Waals surface area contributed by atoms with E-state index in [9.17, 15) is 30.4 Å². The molecule has 0 N–H and O–H groups in total. The lowest BCUT2D eigenvalue weighted by molar-refractivity contribution is 0.357. The zero-order chi connectivity index (χ0) is 14.4. The molecule has 0 amide bonds. The maximum absolute atomic E-state index is 13.3. The number of hydrogen-bond donors (Lipinski definition) is 0. The van der Waals surface area contributed by atoms with Crippen molar-refractivity contribution in [1.29, 1.82) is 0 Å². The minimum Gasteiger partial charge on any atom is -0.222 e. The van der Waals surface area contributed by atoms with Gasteiger partial charge in [-0.2, -0.15) is 8.42 Å². The van der Waals surface area contributed by atoms with Crippen LogP contribution in [-0.2, 0) is 10.0 Å². The summed E-state index contributed by atoms with van der Waals surface area (Å²) in [5.41, 5.74) is 0. The molecule has 1 aromatic heterocycles. The first kappa shape index (κ1) is 13.4. The van der Waals surface area contributed by atoms with Gasteiger partial charge in [-0.3, -0.25) is 0 Å². The lowest BCUT2D eigenvalue weighted by atomic mass is 10.3. The van der Waals surface area contributed by atoms with E-state index in [4.69, 9.17) is 0 Å². The monoisotopic (exact) mass is 299 g/mol. The number of benzene rings is 1. The fourth-order valence-electron chi connectivity index (χ4n) is 1.23. The molecule has 0 atom stereocenters. The van der Waals surface area contributed by atoms with Crippen LogP contribution in [0.4, 0.5) is 22.0 Å². The molecule has 0 unspecified atom stereocenters. The van der Waals surface area contributed by atoms with E-state index < -0.39 is 44.0 Å². The molecule has 1 aromatic carbocycles. The summed E-state index contributed by atoms with van der Waals surface area (Å²) in [4.78, 5) is 1.21. The van der Waals surface area contributed by atoms with Gasteiger partial charge in [0.05, 0.1) is 0 Å². The highest BCUT2D eigenvalue weighted by molar-refractivity contribution is 7.89. The molecule has 0 bridgehead atoms. The average molecular weight is 299 g/mol. The van der Waals surface area contributed by atoms with Gasteiger partial charge in [-0.25, -0.2) is 26.9 Å². The van der Waals surface area contributed by atoms with Crippen molar-refractivity contribution in [3.05, 3.63) is 41.7 Å². The Morgan fingerprint density at radius 2 is 1.37 bits per heavy atom. The molecular formula is C8H2F5N3O2S. The van der Waals surface area contributed by atoms with Crippen molar-refractivity contribution in [2.75, 3.05) is 0 Å². The first-order chi connectivity index (χ1) is 8.78. The molecule has 0 radical (unpaired) electrons. The fraction of sp³-hybridized carbons (Fsp3) is 0. The smallest absolute Gasteiger partial charge is 0.222 e. The highest BCUT2D eigenvalue weighted by Crippen LogP contribution is 2.27. The van der Waals surface area contributed by atoms with Crippen molar-refractivity contribution in [1.82, 2.24) is 14.2 Å². The lowest BCUT2D eigenvalue weighted by Crippen LogP contribution is -2.19. The Labute approximate surface area is 102 Å². The normalized spacial score (nSPS) is 11.8. The second-order valence-electron chi connectivity index (χ2n) is 3.17. The van der Waals surface area contributed by atoms with Crippen molar-refractivity contribution < 1.29 is 30.4 Å². The Hall–Kier alpha value is -2.04. The van der Waals surface area contributed by atoms with Gasteiger partial charge in [-0.15, -0.1) is 9.19 Å². The van der Waals surface area contributed by atoms with Crippen LogP contribution in [0.1, 0.15) is 0 Å². The third-order valence-electron chi connectivity index (χ3n) is 2.07. The van der Waals surface area contributed by atoms with Crippen molar-refractivity contribution in [3.63, 3.8) is 0 Å². The van der Waals surface area contributed by atoms with Gasteiger partial charge in [0.2, 0.25) is 5.82 Å². The van der Waals surface area contributed by atoms with Crippen molar-refractivity contribution >= 4 is 10.0 Å². The van der Waals surface area contributed by atoms with Crippen molar-refractivity contribution in [2.45, 2.75) is 4.90 Å². The quantitative estimate of drug-likeness (QED) is 0.475. The minimum atomic E-state index is -5.07. The largest absolute Gasteiger partial charge is 0.290 e. The summed E-state index contributed by atoms with van der Waals surface area (Å²) in [6, 6.07) is 0. The van der Waals surface area contributed by atoms with Gasteiger partial charge in [0.15, 0.2) is 28.2 Å². The first-order valence-corrected chi connectivity index (χ1v) is 5.84. The van der Waals surface area contributed by atoms with E-state index >= 15 is 0 Å². The van der Waals surface area contributed by atoms with Gasteiger partial charge >= 0.3 is 0 Å². The molecule has 0 spiro atoms. The molecular weight excluding hydrogens is 297 g/mol. The summed E-state index contributed by atoms with van der Waals surface area (Å²) in [6.45, 7) is 0. The van der Waals surface area contributed by atoms with Gasteiger partial charge in [-0.05, 0) is 0 Å². The van der Waals surface area contributed by atoms with Crippen LogP contribution in [-0.4, -0.2) is 22.6 Å². The summed E-state index contributed by atoms with van der Waals surface area (Å²) in [5, 5.41) is 3.07. The zero-order valence-electron chi connectivity index (χ0n) is 8.61. The molecule has 0 fully saturated rings. The van der Waals surface area contributed by atoms with Crippen LogP contribution in [0.3, 0.4) is 0 Å². The first-order valence-electron chi connectivity index (χ1n) is 4.40. The number of hydrogen-bond acceptors (Lipinski definition) is 4. The Balaban J connectivity index is 2.85.